The van der Waals surface area contributed by atoms with Gasteiger partial charge in [0, 0.05) is 12.6 Å². The van der Waals surface area contributed by atoms with Crippen molar-refractivity contribution in [3.8, 4) is 0 Å². The maximum Gasteiger partial charge on any atom is 0.187 e. The zero-order valence-corrected chi connectivity index (χ0v) is 22.6. The third-order valence-electron chi connectivity index (χ3n) is 8.24. The summed E-state index contributed by atoms with van der Waals surface area (Å²) in [5, 5.41) is 92.4. The van der Waals surface area contributed by atoms with Crippen molar-refractivity contribution in [3.05, 3.63) is 0 Å². The van der Waals surface area contributed by atoms with Crippen LogP contribution in [-0.2, 0) is 28.4 Å². The Bertz CT molecular complexity index is 865. The van der Waals surface area contributed by atoms with Crippen LogP contribution in [0.25, 0.3) is 0 Å². The Balaban J connectivity index is 1.50. The molecule has 0 aromatic rings. The van der Waals surface area contributed by atoms with E-state index in [1.807, 2.05) is 0 Å². The van der Waals surface area contributed by atoms with Gasteiger partial charge in [0.05, 0.1) is 31.4 Å². The summed E-state index contributed by atoms with van der Waals surface area (Å²) >= 11 is 0. The number of rotatable bonds is 9. The van der Waals surface area contributed by atoms with E-state index >= 15 is 0 Å². The number of ether oxygens (including phenoxy) is 6. The summed E-state index contributed by atoms with van der Waals surface area (Å²) in [6.07, 6.45) is -22.9. The second kappa shape index (κ2) is 14.1. The second-order valence-electron chi connectivity index (χ2n) is 11.1. The summed E-state index contributed by atoms with van der Waals surface area (Å²) in [6.45, 7) is -1.55. The maximum atomic E-state index is 11.1. The van der Waals surface area contributed by atoms with E-state index in [9.17, 15) is 46.0 Å². The molecule has 19 unspecified atom stereocenters. The van der Waals surface area contributed by atoms with E-state index < -0.39 is 130 Å². The van der Waals surface area contributed by atoms with Crippen LogP contribution in [0.5, 0.6) is 0 Å². The summed E-state index contributed by atoms with van der Waals surface area (Å²) < 4.78 is 34.2. The molecule has 4 aliphatic rings. The minimum absolute atomic E-state index is 0.144. The molecule has 0 spiro atoms. The van der Waals surface area contributed by atoms with Gasteiger partial charge in [-0.1, -0.05) is 0 Å². The van der Waals surface area contributed by atoms with Crippen LogP contribution in [0, 0.1) is 0 Å². The number of nitrogens with two attached hydrogens (primary N) is 4. The molecule has 19 heteroatoms. The van der Waals surface area contributed by atoms with E-state index in [-0.39, 0.29) is 13.0 Å². The third-order valence-corrected chi connectivity index (χ3v) is 8.24. The third kappa shape index (κ3) is 6.60. The Kier molecular flexibility index (Phi) is 11.5. The van der Waals surface area contributed by atoms with Crippen LogP contribution < -0.4 is 22.9 Å². The topological polar surface area (TPSA) is 342 Å². The fourth-order valence-corrected chi connectivity index (χ4v) is 5.64. The van der Waals surface area contributed by atoms with Gasteiger partial charge in [0.1, 0.15) is 73.2 Å². The monoisotopic (exact) mass is 616 g/mol. The highest BCUT2D eigenvalue weighted by Gasteiger charge is 2.54. The molecule has 19 atom stereocenters. The first-order chi connectivity index (χ1) is 19.8. The van der Waals surface area contributed by atoms with E-state index in [1.54, 1.807) is 0 Å². The highest BCUT2D eigenvalue weighted by atomic mass is 16.8. The lowest BCUT2D eigenvalue weighted by Crippen LogP contribution is -2.67. The molecule has 4 fully saturated rings. The summed E-state index contributed by atoms with van der Waals surface area (Å²) in [6, 6.07) is -3.56. The minimum Gasteiger partial charge on any atom is -0.394 e. The average Bonchev–Trinajstić information content (AvgIpc) is 3.27. The smallest absolute Gasteiger partial charge is 0.187 e. The molecular formula is C23H44N4O15. The summed E-state index contributed by atoms with van der Waals surface area (Å²) in [5.74, 6) is 0. The molecular weight excluding hydrogens is 572 g/mol. The van der Waals surface area contributed by atoms with Crippen molar-refractivity contribution in [1.29, 1.82) is 0 Å². The van der Waals surface area contributed by atoms with Crippen LogP contribution in [0.1, 0.15) is 6.42 Å². The van der Waals surface area contributed by atoms with E-state index in [4.69, 9.17) is 51.4 Å². The van der Waals surface area contributed by atoms with Crippen LogP contribution in [0.2, 0.25) is 0 Å². The fraction of sp³-hybridized carbons (Fsp3) is 1.00. The van der Waals surface area contributed by atoms with E-state index in [2.05, 4.69) is 0 Å². The first kappa shape index (κ1) is 34.1. The maximum absolute atomic E-state index is 11.1. The first-order valence-corrected chi connectivity index (χ1v) is 13.7. The SMILES string of the molecule is NCC1OC(OC2C(N)CC(O)C(O)C2OC2OC(CO)C(OC3OC(CO)C(O)C(O)C3N)C2O)C(N)C(O)C1O. The van der Waals surface area contributed by atoms with Crippen LogP contribution in [0.4, 0.5) is 0 Å². The largest absolute Gasteiger partial charge is 0.394 e. The van der Waals surface area contributed by atoms with Gasteiger partial charge in [0.15, 0.2) is 18.9 Å². The highest BCUT2D eigenvalue weighted by molar-refractivity contribution is 5.01. The molecule has 3 saturated heterocycles. The molecule has 3 heterocycles. The molecule has 19 nitrogen and oxygen atoms in total. The summed E-state index contributed by atoms with van der Waals surface area (Å²) in [4.78, 5) is 0. The Morgan fingerprint density at radius 3 is 1.57 bits per heavy atom. The molecule has 0 radical (unpaired) electrons. The standard InChI is InChI=1S/C23H44N4O15/c24-2-7-13(32)15(34)10(26)21(37-7)40-18-5(25)1-6(30)12(31)20(18)42-23-17(36)19(9(4-29)39-23)41-22-11(27)16(35)14(33)8(3-28)38-22/h5-23,28-36H,1-4,24-27H2. The van der Waals surface area contributed by atoms with Crippen LogP contribution >= 0.6 is 0 Å². The summed E-state index contributed by atoms with van der Waals surface area (Å²) in [5.41, 5.74) is 23.8. The lowest BCUT2D eigenvalue weighted by molar-refractivity contribution is -0.311. The van der Waals surface area contributed by atoms with Gasteiger partial charge in [-0.25, -0.2) is 0 Å². The average molecular weight is 617 g/mol. The fourth-order valence-electron chi connectivity index (χ4n) is 5.64. The van der Waals surface area contributed by atoms with Gasteiger partial charge in [-0.15, -0.1) is 0 Å². The van der Waals surface area contributed by atoms with Crippen molar-refractivity contribution in [1.82, 2.24) is 0 Å². The Morgan fingerprint density at radius 2 is 1.02 bits per heavy atom. The predicted octanol–water partition coefficient (Wildman–Crippen LogP) is -8.83. The molecule has 42 heavy (non-hydrogen) atoms. The zero-order valence-electron chi connectivity index (χ0n) is 22.6. The minimum atomic E-state index is -1.68. The van der Waals surface area contributed by atoms with Crippen molar-refractivity contribution in [2.24, 2.45) is 22.9 Å². The lowest BCUT2D eigenvalue weighted by atomic mass is 9.85. The van der Waals surface area contributed by atoms with Gasteiger partial charge in [-0.3, -0.25) is 0 Å². The number of aliphatic hydroxyl groups is 9. The molecule has 0 bridgehead atoms. The quantitative estimate of drug-likeness (QED) is 0.114. The van der Waals surface area contributed by atoms with Crippen molar-refractivity contribution >= 4 is 0 Å². The van der Waals surface area contributed by atoms with Crippen LogP contribution in [0.15, 0.2) is 0 Å². The number of hydrogen-bond acceptors (Lipinski definition) is 19. The van der Waals surface area contributed by atoms with Gasteiger partial charge in [0.2, 0.25) is 0 Å². The lowest BCUT2D eigenvalue weighted by Gasteiger charge is -2.47. The van der Waals surface area contributed by atoms with E-state index in [1.165, 1.54) is 0 Å². The molecule has 0 aromatic heterocycles. The van der Waals surface area contributed by atoms with Gasteiger partial charge in [-0.2, -0.15) is 0 Å². The van der Waals surface area contributed by atoms with Crippen molar-refractivity contribution in [2.45, 2.75) is 123 Å². The second-order valence-corrected chi connectivity index (χ2v) is 11.1. The molecule has 246 valence electrons. The number of hydrogen-bond donors (Lipinski definition) is 13. The molecule has 0 aromatic carbocycles. The Labute approximate surface area is 240 Å². The summed E-state index contributed by atoms with van der Waals surface area (Å²) in [7, 11) is 0. The molecule has 3 aliphatic heterocycles. The Morgan fingerprint density at radius 1 is 0.548 bits per heavy atom. The van der Waals surface area contributed by atoms with Crippen LogP contribution in [0.3, 0.4) is 0 Å². The Hall–Kier alpha value is -0.760. The van der Waals surface area contributed by atoms with Gasteiger partial charge >= 0.3 is 0 Å². The van der Waals surface area contributed by atoms with Gasteiger partial charge in [-0.05, 0) is 6.42 Å². The van der Waals surface area contributed by atoms with Gasteiger partial charge in [0.25, 0.3) is 0 Å². The van der Waals surface area contributed by atoms with Crippen molar-refractivity contribution < 1.29 is 74.4 Å². The normalized spacial score (nSPS) is 53.8. The van der Waals surface area contributed by atoms with Crippen LogP contribution in [-0.4, -0.2) is 182 Å². The van der Waals surface area contributed by atoms with E-state index in [0.29, 0.717) is 0 Å². The van der Waals surface area contributed by atoms with E-state index in [0.717, 1.165) is 0 Å². The zero-order chi connectivity index (χ0) is 31.0. The molecule has 4 rings (SSSR count). The molecule has 17 N–H and O–H groups in total. The molecule has 1 aliphatic carbocycles. The predicted molar refractivity (Wildman–Crippen MR) is 134 cm³/mol. The number of aliphatic hydroxyl groups excluding tert-OH is 9. The molecule has 1 saturated carbocycles. The van der Waals surface area contributed by atoms with Crippen molar-refractivity contribution in [2.75, 3.05) is 19.8 Å². The molecule has 0 amide bonds. The first-order valence-electron chi connectivity index (χ1n) is 13.7. The van der Waals surface area contributed by atoms with Crippen molar-refractivity contribution in [3.63, 3.8) is 0 Å². The highest BCUT2D eigenvalue weighted by Crippen LogP contribution is 2.34. The van der Waals surface area contributed by atoms with Gasteiger partial charge < -0.3 is 97.3 Å².